The first-order valence-electron chi connectivity index (χ1n) is 10.9. The number of alkyl halides is 3. The summed E-state index contributed by atoms with van der Waals surface area (Å²) in [5, 5.41) is 8.20. The molecule has 0 aliphatic heterocycles. The second-order valence-electron chi connectivity index (χ2n) is 7.29. The molecule has 190 valence electrons. The van der Waals surface area contributed by atoms with Crippen molar-refractivity contribution < 1.29 is 27.8 Å². The molecule has 0 saturated heterocycles. The molecule has 0 spiro atoms. The van der Waals surface area contributed by atoms with E-state index >= 15 is 0 Å². The van der Waals surface area contributed by atoms with Crippen molar-refractivity contribution in [3.05, 3.63) is 52.9 Å². The van der Waals surface area contributed by atoms with Gasteiger partial charge in [0.15, 0.2) is 0 Å². The number of carboxylic acid groups (broad SMARTS) is 1. The molecule has 0 aliphatic rings. The summed E-state index contributed by atoms with van der Waals surface area (Å²) in [7, 11) is 0.500. The summed E-state index contributed by atoms with van der Waals surface area (Å²) in [4.78, 5) is 14.4. The van der Waals surface area contributed by atoms with Crippen LogP contribution in [-0.2, 0) is 4.79 Å². The number of nitrogens with zero attached hydrogens (tertiary/aromatic N) is 1. The molecular formula is C26H42F3NO3. The first-order chi connectivity index (χ1) is 15.4. The van der Waals surface area contributed by atoms with Gasteiger partial charge in [0, 0.05) is 17.3 Å². The van der Waals surface area contributed by atoms with Crippen LogP contribution in [0.5, 0.6) is 5.75 Å². The van der Waals surface area contributed by atoms with Crippen LogP contribution < -0.4 is 4.74 Å². The van der Waals surface area contributed by atoms with Crippen molar-refractivity contribution in [1.29, 1.82) is 0 Å². The van der Waals surface area contributed by atoms with Crippen LogP contribution in [0.15, 0.2) is 35.9 Å². The van der Waals surface area contributed by atoms with E-state index in [0.717, 1.165) is 28.1 Å². The summed E-state index contributed by atoms with van der Waals surface area (Å²) >= 11 is 0. The van der Waals surface area contributed by atoms with Crippen molar-refractivity contribution in [1.82, 2.24) is 4.98 Å². The van der Waals surface area contributed by atoms with Crippen LogP contribution in [0.25, 0.3) is 5.57 Å². The zero-order valence-corrected chi connectivity index (χ0v) is 21.8. The maximum atomic E-state index is 12.4. The van der Waals surface area contributed by atoms with Gasteiger partial charge in [-0.3, -0.25) is 9.37 Å². The molecule has 0 aromatic carbocycles. The molecule has 0 saturated carbocycles. The van der Waals surface area contributed by atoms with Gasteiger partial charge in [-0.2, -0.15) is 0 Å². The van der Waals surface area contributed by atoms with E-state index < -0.39 is 19.0 Å². The molecule has 7 heteroatoms. The third kappa shape index (κ3) is 17.6. The number of carbonyl (C=O) groups is 1. The van der Waals surface area contributed by atoms with Crippen LogP contribution in [0.3, 0.4) is 0 Å². The molecule has 33 heavy (non-hydrogen) atoms. The molecule has 0 fully saturated rings. The van der Waals surface area contributed by atoms with E-state index in [0.29, 0.717) is 12.9 Å². The SMILES string of the molecule is C/C=C(/C)c1cc(C)nc(C(C)C)c1OCC(F)F.C/C=C/C(C)=C/C(=O)O.CCC.CF. The van der Waals surface area contributed by atoms with Crippen LogP contribution in [0.1, 0.15) is 84.7 Å². The minimum atomic E-state index is -2.49. The van der Waals surface area contributed by atoms with E-state index in [9.17, 15) is 18.0 Å². The Labute approximate surface area is 198 Å². The Morgan fingerprint density at radius 3 is 2.06 bits per heavy atom. The van der Waals surface area contributed by atoms with Crippen molar-refractivity contribution in [2.24, 2.45) is 0 Å². The molecule has 0 amide bonds. The van der Waals surface area contributed by atoms with Gasteiger partial charge in [0.2, 0.25) is 0 Å². The minimum Gasteiger partial charge on any atom is -0.485 e. The fourth-order valence-corrected chi connectivity index (χ4v) is 2.33. The fraction of sp³-hybridized carbons (Fsp3) is 0.538. The third-order valence-electron chi connectivity index (χ3n) is 3.67. The predicted molar refractivity (Wildman–Crippen MR) is 133 cm³/mol. The van der Waals surface area contributed by atoms with Crippen molar-refractivity contribution in [2.75, 3.05) is 13.8 Å². The van der Waals surface area contributed by atoms with Gasteiger partial charge in [-0.15, -0.1) is 0 Å². The number of carboxylic acids is 1. The molecule has 1 heterocycles. The lowest BCUT2D eigenvalue weighted by atomic mass is 10.00. The highest BCUT2D eigenvalue weighted by Gasteiger charge is 2.18. The molecule has 0 unspecified atom stereocenters. The van der Waals surface area contributed by atoms with Gasteiger partial charge in [0.1, 0.15) is 12.4 Å². The smallest absolute Gasteiger partial charge is 0.328 e. The molecule has 1 aromatic rings. The normalized spacial score (nSPS) is 11.2. The Hall–Kier alpha value is -2.57. The van der Waals surface area contributed by atoms with Gasteiger partial charge in [-0.05, 0) is 57.7 Å². The standard InChI is InChI=1S/C15H21F2NO.C7H10O2.C3H8.CH3F/c1-6-10(4)12-7-11(5)18-14(9(2)3)15(12)19-8-13(16)17;1-3-4-6(2)5-7(8)9;1-3-2;1-2/h6-7,9,13H,8H2,1-5H3;3-5H,1-2H3,(H,8,9);3H2,1-2H3;1H3/b10-6-;4-3+,6-5+;;. The first-order valence-corrected chi connectivity index (χ1v) is 10.9. The number of aromatic nitrogens is 1. The second-order valence-corrected chi connectivity index (χ2v) is 7.29. The summed E-state index contributed by atoms with van der Waals surface area (Å²) in [5.74, 6) is -0.293. The number of aryl methyl sites for hydroxylation is 1. The van der Waals surface area contributed by atoms with Crippen molar-refractivity contribution in [3.8, 4) is 5.75 Å². The third-order valence-corrected chi connectivity index (χ3v) is 3.67. The largest absolute Gasteiger partial charge is 0.485 e. The zero-order valence-electron chi connectivity index (χ0n) is 21.8. The number of allylic oxidation sites excluding steroid dienone is 5. The summed E-state index contributed by atoms with van der Waals surface area (Å²) in [6.45, 7) is 16.9. The summed E-state index contributed by atoms with van der Waals surface area (Å²) < 4.78 is 39.6. The average molecular weight is 474 g/mol. The van der Waals surface area contributed by atoms with Crippen LogP contribution in [0, 0.1) is 6.92 Å². The zero-order chi connectivity index (χ0) is 26.6. The molecule has 4 nitrogen and oxygen atoms in total. The number of rotatable bonds is 7. The number of aliphatic carboxylic acids is 1. The van der Waals surface area contributed by atoms with Crippen LogP contribution in [0.4, 0.5) is 13.2 Å². The Balaban J connectivity index is -0.000000537. The average Bonchev–Trinajstić information content (AvgIpc) is 2.73. The number of ether oxygens (including phenoxy) is 1. The van der Waals surface area contributed by atoms with E-state index in [2.05, 4.69) is 18.8 Å². The molecular weight excluding hydrogens is 431 g/mol. The Morgan fingerprint density at radius 2 is 1.70 bits per heavy atom. The molecule has 0 bridgehead atoms. The topological polar surface area (TPSA) is 59.4 Å². The van der Waals surface area contributed by atoms with E-state index in [4.69, 9.17) is 9.84 Å². The van der Waals surface area contributed by atoms with Crippen LogP contribution >= 0.6 is 0 Å². The van der Waals surface area contributed by atoms with Crippen LogP contribution in [-0.4, -0.2) is 36.3 Å². The van der Waals surface area contributed by atoms with Gasteiger partial charge >= 0.3 is 5.97 Å². The lowest BCUT2D eigenvalue weighted by Gasteiger charge is -2.18. The van der Waals surface area contributed by atoms with Gasteiger partial charge in [-0.1, -0.05) is 52.3 Å². The molecule has 0 radical (unpaired) electrons. The summed E-state index contributed by atoms with van der Waals surface area (Å²) in [6, 6.07) is 1.88. The van der Waals surface area contributed by atoms with Crippen molar-refractivity contribution >= 4 is 11.5 Å². The minimum absolute atomic E-state index is 0.121. The number of hydrogen-bond donors (Lipinski definition) is 1. The summed E-state index contributed by atoms with van der Waals surface area (Å²) in [5.41, 5.74) is 4.20. The lowest BCUT2D eigenvalue weighted by molar-refractivity contribution is -0.131. The van der Waals surface area contributed by atoms with Gasteiger partial charge < -0.3 is 9.84 Å². The highest BCUT2D eigenvalue weighted by Crippen LogP contribution is 2.33. The number of hydrogen-bond acceptors (Lipinski definition) is 3. The Kier molecular flexibility index (Phi) is 22.6. The highest BCUT2D eigenvalue weighted by molar-refractivity contribution is 5.81. The highest BCUT2D eigenvalue weighted by atomic mass is 19.3. The van der Waals surface area contributed by atoms with Gasteiger partial charge in [0.25, 0.3) is 6.43 Å². The molecule has 1 rings (SSSR count). The molecule has 0 atom stereocenters. The summed E-state index contributed by atoms with van der Waals surface area (Å²) in [6.07, 6.45) is 5.41. The Morgan fingerprint density at radius 1 is 1.18 bits per heavy atom. The fourth-order valence-electron chi connectivity index (χ4n) is 2.33. The van der Waals surface area contributed by atoms with Crippen molar-refractivity contribution in [3.63, 3.8) is 0 Å². The molecule has 1 aromatic heterocycles. The number of pyridine rings is 1. The van der Waals surface area contributed by atoms with Crippen LogP contribution in [0.2, 0.25) is 0 Å². The van der Waals surface area contributed by atoms with E-state index in [1.54, 1.807) is 19.1 Å². The lowest BCUT2D eigenvalue weighted by Crippen LogP contribution is -2.12. The maximum Gasteiger partial charge on any atom is 0.328 e. The van der Waals surface area contributed by atoms with Crippen molar-refractivity contribution in [2.45, 2.75) is 81.1 Å². The second kappa shape index (κ2) is 21.3. The quantitative estimate of drug-likeness (QED) is 0.320. The monoisotopic (exact) mass is 473 g/mol. The van der Waals surface area contributed by atoms with E-state index in [1.807, 2.05) is 53.7 Å². The Bertz CT molecular complexity index is 755. The van der Waals surface area contributed by atoms with Gasteiger partial charge in [0.05, 0.1) is 12.9 Å². The first kappa shape index (κ1) is 35.0. The van der Waals surface area contributed by atoms with Gasteiger partial charge in [-0.25, -0.2) is 13.6 Å². The number of halogens is 3. The maximum absolute atomic E-state index is 12.4. The predicted octanol–water partition coefficient (Wildman–Crippen LogP) is 8.18. The van der Waals surface area contributed by atoms with E-state index in [1.165, 1.54) is 12.5 Å². The van der Waals surface area contributed by atoms with E-state index in [-0.39, 0.29) is 5.92 Å². The molecule has 0 aliphatic carbocycles. The molecule has 1 N–H and O–H groups in total.